The van der Waals surface area contributed by atoms with Gasteiger partial charge in [-0.2, -0.15) is 0 Å². The zero-order valence-electron chi connectivity index (χ0n) is 17.7. The van der Waals surface area contributed by atoms with E-state index in [0.717, 1.165) is 29.1 Å². The third-order valence-electron chi connectivity index (χ3n) is 6.21. The minimum atomic E-state index is -3.21. The molecule has 0 amide bonds. The van der Waals surface area contributed by atoms with E-state index in [1.807, 2.05) is 18.2 Å². The van der Waals surface area contributed by atoms with Crippen molar-refractivity contribution in [3.05, 3.63) is 35.2 Å². The van der Waals surface area contributed by atoms with Crippen LogP contribution in [0.4, 0.5) is 5.82 Å². The van der Waals surface area contributed by atoms with Crippen LogP contribution in [-0.2, 0) is 21.0 Å². The molecule has 0 N–H and O–H groups in total. The van der Waals surface area contributed by atoms with Gasteiger partial charge in [-0.15, -0.1) is 0 Å². The van der Waals surface area contributed by atoms with Gasteiger partial charge in [0.1, 0.15) is 11.1 Å². The molecule has 0 radical (unpaired) electrons. The van der Waals surface area contributed by atoms with E-state index in [-0.39, 0.29) is 11.8 Å². The number of allylic oxidation sites excluding steroid dienone is 1. The second-order valence-corrected chi connectivity index (χ2v) is 10.6. The number of sulfone groups is 1. The molecule has 2 atom stereocenters. The smallest absolute Gasteiger partial charge is 0.213 e. The highest BCUT2D eigenvalue weighted by Gasteiger charge is 2.35. The van der Waals surface area contributed by atoms with Crippen LogP contribution in [0.25, 0.3) is 17.5 Å². The molecule has 164 valence electrons. The van der Waals surface area contributed by atoms with Gasteiger partial charge in [-0.3, -0.25) is 0 Å². The highest BCUT2D eigenvalue weighted by Crippen LogP contribution is 2.38. The normalized spacial score (nSPS) is 24.4. The van der Waals surface area contributed by atoms with Gasteiger partial charge in [0, 0.05) is 36.2 Å². The van der Waals surface area contributed by atoms with Crippen LogP contribution in [0.3, 0.4) is 0 Å². The number of rotatable bonds is 4. The van der Waals surface area contributed by atoms with Crippen LogP contribution in [0, 0.1) is 0 Å². The summed E-state index contributed by atoms with van der Waals surface area (Å²) in [5.41, 5.74) is 3.27. The number of morpholine rings is 1. The molecule has 0 spiro atoms. The quantitative estimate of drug-likeness (QED) is 0.713. The molecule has 2 aromatic heterocycles. The van der Waals surface area contributed by atoms with Crippen LogP contribution >= 0.6 is 0 Å². The van der Waals surface area contributed by atoms with Crippen molar-refractivity contribution in [1.29, 1.82) is 0 Å². The lowest BCUT2D eigenvalue weighted by atomic mass is 10.1. The maximum atomic E-state index is 12.7. The average Bonchev–Trinajstić information content (AvgIpc) is 3.38. The molecule has 0 saturated carbocycles. The predicted molar refractivity (Wildman–Crippen MR) is 118 cm³/mol. The van der Waals surface area contributed by atoms with E-state index < -0.39 is 15.1 Å². The maximum absolute atomic E-state index is 12.7. The first-order valence-corrected chi connectivity index (χ1v) is 12.4. The first kappa shape index (κ1) is 20.4. The zero-order chi connectivity index (χ0) is 21.6. The molecule has 1 unspecified atom stereocenters. The van der Waals surface area contributed by atoms with Crippen LogP contribution in [0.15, 0.2) is 18.2 Å². The summed E-state index contributed by atoms with van der Waals surface area (Å²) in [4.78, 5) is 16.4. The molecule has 2 fully saturated rings. The van der Waals surface area contributed by atoms with E-state index in [1.165, 1.54) is 0 Å². The van der Waals surface area contributed by atoms with Crippen molar-refractivity contribution >= 4 is 21.7 Å². The van der Waals surface area contributed by atoms with Crippen LogP contribution in [0.1, 0.15) is 42.0 Å². The van der Waals surface area contributed by atoms with E-state index in [0.29, 0.717) is 50.0 Å². The highest BCUT2D eigenvalue weighted by atomic mass is 32.2. The number of nitrogens with zero attached hydrogens (tertiary/aromatic N) is 4. The number of methoxy groups -OCH3 is 1. The molecule has 5 rings (SSSR count). The van der Waals surface area contributed by atoms with Crippen LogP contribution < -0.4 is 9.64 Å². The zero-order valence-corrected chi connectivity index (χ0v) is 18.6. The maximum Gasteiger partial charge on any atom is 0.213 e. The lowest BCUT2D eigenvalue weighted by molar-refractivity contribution is 0.0985. The molecule has 4 heterocycles. The third-order valence-corrected chi connectivity index (χ3v) is 8.41. The molecule has 8 nitrogen and oxygen atoms in total. The fourth-order valence-electron chi connectivity index (χ4n) is 4.58. The van der Waals surface area contributed by atoms with E-state index in [9.17, 15) is 8.42 Å². The molecule has 2 saturated heterocycles. The van der Waals surface area contributed by atoms with Crippen LogP contribution in [0.2, 0.25) is 0 Å². The highest BCUT2D eigenvalue weighted by molar-refractivity contribution is 7.91. The van der Waals surface area contributed by atoms with Crippen molar-refractivity contribution in [3.8, 4) is 17.3 Å². The van der Waals surface area contributed by atoms with Gasteiger partial charge in [0.15, 0.2) is 15.7 Å². The Morgan fingerprint density at radius 3 is 2.84 bits per heavy atom. The largest absolute Gasteiger partial charge is 0.481 e. The first-order valence-electron chi connectivity index (χ1n) is 10.7. The Morgan fingerprint density at radius 2 is 2.10 bits per heavy atom. The second kappa shape index (κ2) is 7.87. The van der Waals surface area contributed by atoms with E-state index in [2.05, 4.69) is 22.9 Å². The minimum absolute atomic E-state index is 0.141. The Bertz CT molecular complexity index is 1150. The molecular formula is C22H26N4O4S. The number of anilines is 1. The van der Waals surface area contributed by atoms with Crippen molar-refractivity contribution in [3.63, 3.8) is 0 Å². The van der Waals surface area contributed by atoms with Crippen molar-refractivity contribution < 1.29 is 17.9 Å². The lowest BCUT2D eigenvalue weighted by Gasteiger charge is -2.34. The molecule has 31 heavy (non-hydrogen) atoms. The summed E-state index contributed by atoms with van der Waals surface area (Å²) < 4.78 is 36.4. The molecule has 0 aromatic carbocycles. The SMILES string of the molecule is COc1cc(-c2nc(C3CCCS3(=O)=O)cc(N3CCOC[C@H]3C)n2)c2c(n1)CC=C2. The Kier molecular flexibility index (Phi) is 5.18. The Morgan fingerprint density at radius 1 is 1.23 bits per heavy atom. The number of pyridine rings is 1. The van der Waals surface area contributed by atoms with Gasteiger partial charge in [0.2, 0.25) is 5.88 Å². The Labute approximate surface area is 182 Å². The lowest BCUT2D eigenvalue weighted by Crippen LogP contribution is -2.44. The van der Waals surface area contributed by atoms with Crippen molar-refractivity contribution in [2.45, 2.75) is 37.5 Å². The van der Waals surface area contributed by atoms with Gasteiger partial charge in [-0.05, 0) is 19.8 Å². The molecule has 1 aliphatic carbocycles. The standard InChI is InChI=1S/C22H26N4O4S/c1-14-13-30-9-8-26(14)20-12-18(19-7-4-10-31(19,27)28)24-22(25-20)16-11-21(29-2)23-17-6-3-5-15(16)17/h3,5,11-12,14,19H,4,6-10,13H2,1-2H3/t14-,19?/m1/s1. The topological polar surface area (TPSA) is 94.5 Å². The average molecular weight is 443 g/mol. The van der Waals surface area contributed by atoms with Crippen molar-refractivity contribution in [2.24, 2.45) is 0 Å². The summed E-state index contributed by atoms with van der Waals surface area (Å²) in [5.74, 6) is 1.96. The van der Waals surface area contributed by atoms with Gasteiger partial charge in [-0.1, -0.05) is 12.2 Å². The fraction of sp³-hybridized carbons (Fsp3) is 0.500. The van der Waals surface area contributed by atoms with Gasteiger partial charge >= 0.3 is 0 Å². The predicted octanol–water partition coefficient (Wildman–Crippen LogP) is 2.59. The van der Waals surface area contributed by atoms with Crippen molar-refractivity contribution in [2.75, 3.05) is 37.5 Å². The summed E-state index contributed by atoms with van der Waals surface area (Å²) >= 11 is 0. The van der Waals surface area contributed by atoms with Gasteiger partial charge < -0.3 is 14.4 Å². The molecular weight excluding hydrogens is 416 g/mol. The Balaban J connectivity index is 1.69. The summed E-state index contributed by atoms with van der Waals surface area (Å²) in [7, 11) is -1.62. The number of aromatic nitrogens is 3. The van der Waals surface area contributed by atoms with Crippen LogP contribution in [-0.4, -0.2) is 62.0 Å². The van der Waals surface area contributed by atoms with Gasteiger partial charge in [0.05, 0.1) is 43.5 Å². The third kappa shape index (κ3) is 3.70. The number of fused-ring (bicyclic) bond motifs is 1. The summed E-state index contributed by atoms with van der Waals surface area (Å²) in [6, 6.07) is 3.83. The molecule has 2 aliphatic heterocycles. The minimum Gasteiger partial charge on any atom is -0.481 e. The molecule has 9 heteroatoms. The van der Waals surface area contributed by atoms with Crippen LogP contribution in [0.5, 0.6) is 5.88 Å². The molecule has 0 bridgehead atoms. The molecule has 3 aliphatic rings. The summed E-state index contributed by atoms with van der Waals surface area (Å²) in [6.45, 7) is 4.01. The van der Waals surface area contributed by atoms with E-state index >= 15 is 0 Å². The number of hydrogen-bond acceptors (Lipinski definition) is 8. The second-order valence-electron chi connectivity index (χ2n) is 8.27. The Hall–Kier alpha value is -2.52. The summed E-state index contributed by atoms with van der Waals surface area (Å²) in [5, 5.41) is -0.586. The molecule has 2 aromatic rings. The fourth-order valence-corrected chi connectivity index (χ4v) is 6.45. The van der Waals surface area contributed by atoms with Crippen molar-refractivity contribution in [1.82, 2.24) is 15.0 Å². The summed E-state index contributed by atoms with van der Waals surface area (Å²) in [6.07, 6.45) is 6.06. The number of ether oxygens (including phenoxy) is 2. The first-order chi connectivity index (χ1) is 15.0. The monoisotopic (exact) mass is 442 g/mol. The van der Waals surface area contributed by atoms with E-state index in [1.54, 1.807) is 7.11 Å². The van der Waals surface area contributed by atoms with E-state index in [4.69, 9.17) is 19.4 Å². The number of hydrogen-bond donors (Lipinski definition) is 0. The van der Waals surface area contributed by atoms with Gasteiger partial charge in [-0.25, -0.2) is 23.4 Å². The van der Waals surface area contributed by atoms with Gasteiger partial charge in [0.25, 0.3) is 0 Å².